The predicted molar refractivity (Wildman–Crippen MR) is 45.4 cm³/mol. The Balaban J connectivity index is 2.81. The van der Waals surface area contributed by atoms with Crippen LogP contribution < -0.4 is 0 Å². The summed E-state index contributed by atoms with van der Waals surface area (Å²) < 4.78 is 26.4. The minimum atomic E-state index is -3.01. The minimum absolute atomic E-state index is 0.261. The Morgan fingerprint density at radius 2 is 2.33 bits per heavy atom. The lowest BCUT2D eigenvalue weighted by Gasteiger charge is -2.10. The van der Waals surface area contributed by atoms with Crippen LogP contribution in [-0.2, 0) is 5.92 Å². The molecule has 1 aromatic rings. The molecular weight excluding hydrogens is 252 g/mol. The molecule has 1 N–H and O–H groups in total. The van der Waals surface area contributed by atoms with Gasteiger partial charge in [0.05, 0.1) is 9.98 Å². The first-order chi connectivity index (χ1) is 5.56. The van der Waals surface area contributed by atoms with Crippen LogP contribution in [0.5, 0.6) is 0 Å². The largest absolute Gasteiger partial charge is 0.396 e. The summed E-state index contributed by atoms with van der Waals surface area (Å²) in [5, 5.41) is 8.09. The fourth-order valence-corrected chi connectivity index (χ4v) is 1.88. The summed E-state index contributed by atoms with van der Waals surface area (Å²) in [5.41, 5.74) is 0. The van der Waals surface area contributed by atoms with Crippen LogP contribution in [0.3, 0.4) is 0 Å². The van der Waals surface area contributed by atoms with Crippen LogP contribution in [0.2, 0.25) is 0 Å². The average molecular weight is 258 g/mol. The van der Waals surface area contributed by atoms with E-state index in [1.165, 1.54) is 6.20 Å². The predicted octanol–water partition coefficient (Wildman–Crippen LogP) is 2.38. The molecule has 0 radical (unpaired) electrons. The van der Waals surface area contributed by atoms with Gasteiger partial charge in [0.25, 0.3) is 0 Å². The van der Waals surface area contributed by atoms with Crippen LogP contribution in [0.4, 0.5) is 8.78 Å². The van der Waals surface area contributed by atoms with Crippen molar-refractivity contribution < 1.29 is 13.9 Å². The topological polar surface area (TPSA) is 33.1 Å². The Hall–Kier alpha value is -0.0700. The molecule has 0 saturated heterocycles. The molecule has 2 nitrogen and oxygen atoms in total. The van der Waals surface area contributed by atoms with Gasteiger partial charge in [0.15, 0.2) is 5.01 Å². The zero-order valence-electron chi connectivity index (χ0n) is 5.93. The quantitative estimate of drug-likeness (QED) is 0.902. The summed E-state index contributed by atoms with van der Waals surface area (Å²) in [5.74, 6) is -3.01. The van der Waals surface area contributed by atoms with Crippen molar-refractivity contribution in [3.63, 3.8) is 0 Å². The van der Waals surface area contributed by atoms with Crippen molar-refractivity contribution in [1.29, 1.82) is 0 Å². The summed E-state index contributed by atoms with van der Waals surface area (Å²) in [7, 11) is 0. The summed E-state index contributed by atoms with van der Waals surface area (Å²) in [6.07, 6.45) is 0.748. The van der Waals surface area contributed by atoms with Gasteiger partial charge in [0.2, 0.25) is 0 Å². The molecule has 68 valence electrons. The molecule has 0 aromatic carbocycles. The van der Waals surface area contributed by atoms with Crippen LogP contribution in [0.15, 0.2) is 9.98 Å². The van der Waals surface area contributed by atoms with E-state index in [4.69, 9.17) is 5.11 Å². The SMILES string of the molecule is OCCC(F)(F)c1ncc(Br)s1. The Morgan fingerprint density at radius 3 is 2.75 bits per heavy atom. The molecule has 1 aromatic heterocycles. The first-order valence-electron chi connectivity index (χ1n) is 3.17. The maximum absolute atomic E-state index is 12.9. The molecule has 1 heterocycles. The smallest absolute Gasteiger partial charge is 0.301 e. The van der Waals surface area contributed by atoms with Gasteiger partial charge in [-0.25, -0.2) is 4.98 Å². The van der Waals surface area contributed by atoms with E-state index in [-0.39, 0.29) is 5.01 Å². The third-order valence-corrected chi connectivity index (χ3v) is 2.80. The number of aliphatic hydroxyl groups is 1. The number of thiazole rings is 1. The first kappa shape index (κ1) is 10.0. The number of nitrogens with zero attached hydrogens (tertiary/aromatic N) is 1. The number of aromatic nitrogens is 1. The van der Waals surface area contributed by atoms with Gasteiger partial charge < -0.3 is 5.11 Å². The Labute approximate surface area is 80.4 Å². The van der Waals surface area contributed by atoms with E-state index in [0.717, 1.165) is 11.3 Å². The van der Waals surface area contributed by atoms with E-state index >= 15 is 0 Å². The third-order valence-electron chi connectivity index (χ3n) is 1.22. The Kier molecular flexibility index (Phi) is 3.14. The molecule has 0 aliphatic rings. The van der Waals surface area contributed by atoms with Crippen LogP contribution in [0.1, 0.15) is 11.4 Å². The van der Waals surface area contributed by atoms with Gasteiger partial charge >= 0.3 is 5.92 Å². The van der Waals surface area contributed by atoms with E-state index in [1.54, 1.807) is 0 Å². The number of alkyl halides is 2. The van der Waals surface area contributed by atoms with Gasteiger partial charge in [-0.05, 0) is 15.9 Å². The highest BCUT2D eigenvalue weighted by Gasteiger charge is 2.34. The van der Waals surface area contributed by atoms with Crippen LogP contribution in [0, 0.1) is 0 Å². The van der Waals surface area contributed by atoms with Crippen molar-refractivity contribution >= 4 is 27.3 Å². The third kappa shape index (κ3) is 2.21. The monoisotopic (exact) mass is 257 g/mol. The van der Waals surface area contributed by atoms with Crippen LogP contribution in [0.25, 0.3) is 0 Å². The molecule has 0 unspecified atom stereocenters. The first-order valence-corrected chi connectivity index (χ1v) is 4.77. The fourth-order valence-electron chi connectivity index (χ4n) is 0.671. The number of rotatable bonds is 3. The van der Waals surface area contributed by atoms with E-state index in [2.05, 4.69) is 20.9 Å². The molecule has 0 amide bonds. The average Bonchev–Trinajstić information content (AvgIpc) is 2.36. The van der Waals surface area contributed by atoms with E-state index in [9.17, 15) is 8.78 Å². The number of aliphatic hydroxyl groups excluding tert-OH is 1. The molecule has 0 fully saturated rings. The van der Waals surface area contributed by atoms with Gasteiger partial charge in [-0.2, -0.15) is 8.78 Å². The molecule has 0 aliphatic heterocycles. The zero-order chi connectivity index (χ0) is 9.19. The normalized spacial score (nSPS) is 12.0. The zero-order valence-corrected chi connectivity index (χ0v) is 8.33. The van der Waals surface area contributed by atoms with Gasteiger partial charge in [-0.3, -0.25) is 0 Å². The molecule has 0 atom stereocenters. The summed E-state index contributed by atoms with van der Waals surface area (Å²) in [4.78, 5) is 3.52. The highest BCUT2D eigenvalue weighted by atomic mass is 79.9. The molecule has 0 saturated carbocycles. The second-order valence-electron chi connectivity index (χ2n) is 2.15. The molecule has 0 aliphatic carbocycles. The van der Waals surface area contributed by atoms with Crippen molar-refractivity contribution in [3.05, 3.63) is 15.0 Å². The van der Waals surface area contributed by atoms with E-state index in [0.29, 0.717) is 3.79 Å². The molecule has 0 spiro atoms. The Morgan fingerprint density at radius 1 is 1.67 bits per heavy atom. The summed E-state index contributed by atoms with van der Waals surface area (Å²) in [6, 6.07) is 0. The van der Waals surface area contributed by atoms with Gasteiger partial charge in [0, 0.05) is 13.0 Å². The lowest BCUT2D eigenvalue weighted by atomic mass is 10.2. The Bertz CT molecular complexity index is 266. The number of halogens is 3. The molecule has 0 bridgehead atoms. The second-order valence-corrected chi connectivity index (χ2v) is 4.56. The lowest BCUT2D eigenvalue weighted by Crippen LogP contribution is -2.14. The van der Waals surface area contributed by atoms with Crippen molar-refractivity contribution in [2.45, 2.75) is 12.3 Å². The molecule has 12 heavy (non-hydrogen) atoms. The van der Waals surface area contributed by atoms with E-state index in [1.807, 2.05) is 0 Å². The maximum atomic E-state index is 12.9. The summed E-state index contributed by atoms with van der Waals surface area (Å²) >= 11 is 3.91. The second kappa shape index (κ2) is 3.76. The number of hydrogen-bond donors (Lipinski definition) is 1. The highest BCUT2D eigenvalue weighted by molar-refractivity contribution is 9.11. The van der Waals surface area contributed by atoms with E-state index < -0.39 is 19.0 Å². The summed E-state index contributed by atoms with van der Waals surface area (Å²) in [6.45, 7) is -0.538. The van der Waals surface area contributed by atoms with Crippen LogP contribution in [-0.4, -0.2) is 16.7 Å². The minimum Gasteiger partial charge on any atom is -0.396 e. The molecule has 1 rings (SSSR count). The van der Waals surface area contributed by atoms with Gasteiger partial charge in [0.1, 0.15) is 0 Å². The van der Waals surface area contributed by atoms with Crippen molar-refractivity contribution in [2.24, 2.45) is 0 Å². The number of hydrogen-bond acceptors (Lipinski definition) is 3. The van der Waals surface area contributed by atoms with Crippen LogP contribution >= 0.6 is 27.3 Å². The maximum Gasteiger partial charge on any atom is 0.301 e. The highest BCUT2D eigenvalue weighted by Crippen LogP contribution is 2.35. The fraction of sp³-hybridized carbons (Fsp3) is 0.500. The molecular formula is C6H6BrF2NOS. The van der Waals surface area contributed by atoms with Gasteiger partial charge in [-0.15, -0.1) is 11.3 Å². The van der Waals surface area contributed by atoms with Crippen molar-refractivity contribution in [2.75, 3.05) is 6.61 Å². The van der Waals surface area contributed by atoms with Crippen molar-refractivity contribution in [3.8, 4) is 0 Å². The standard InChI is InChI=1S/C6H6BrF2NOS/c7-4-3-10-5(12-4)6(8,9)1-2-11/h3,11H,1-2H2. The van der Waals surface area contributed by atoms with Crippen molar-refractivity contribution in [1.82, 2.24) is 4.98 Å². The lowest BCUT2D eigenvalue weighted by molar-refractivity contribution is -0.0271. The van der Waals surface area contributed by atoms with Gasteiger partial charge in [-0.1, -0.05) is 0 Å². The molecule has 6 heteroatoms.